The van der Waals surface area contributed by atoms with Gasteiger partial charge in [-0.15, -0.1) is 0 Å². The van der Waals surface area contributed by atoms with Crippen LogP contribution in [0.5, 0.6) is 5.75 Å². The molecule has 3 N–H and O–H groups in total. The summed E-state index contributed by atoms with van der Waals surface area (Å²) in [5, 5.41) is 2.79. The van der Waals surface area contributed by atoms with Crippen molar-refractivity contribution in [2.24, 2.45) is 5.73 Å². The molecule has 0 atom stereocenters. The fourth-order valence-electron chi connectivity index (χ4n) is 1.69. The number of hydrogen-bond donors (Lipinski definition) is 2. The number of ether oxygens (including phenoxy) is 2. The van der Waals surface area contributed by atoms with Gasteiger partial charge in [-0.1, -0.05) is 6.07 Å². The van der Waals surface area contributed by atoms with Gasteiger partial charge in [-0.25, -0.2) is 0 Å². The highest BCUT2D eigenvalue weighted by Gasteiger charge is 2.36. The lowest BCUT2D eigenvalue weighted by molar-refractivity contribution is -0.123. The average molecular weight is 236 g/mol. The van der Waals surface area contributed by atoms with Gasteiger partial charge in [0.1, 0.15) is 5.75 Å². The number of rotatable bonds is 4. The van der Waals surface area contributed by atoms with Crippen molar-refractivity contribution in [3.8, 4) is 5.75 Å². The maximum absolute atomic E-state index is 11.7. The summed E-state index contributed by atoms with van der Waals surface area (Å²) in [6.07, 6.45) is 0.268. The predicted octanol–water partition coefficient (Wildman–Crippen LogP) is 0.751. The van der Waals surface area contributed by atoms with E-state index in [1.54, 1.807) is 19.2 Å². The van der Waals surface area contributed by atoms with Gasteiger partial charge in [-0.05, 0) is 12.1 Å². The zero-order chi connectivity index (χ0) is 12.3. The first kappa shape index (κ1) is 11.9. The standard InChI is InChI=1S/C12H16N2O3/c1-16-10-4-2-3-9(5-10)14-11(15)6-12(13)7-17-8-12/h2-5H,6-8,13H2,1H3,(H,14,15). The van der Waals surface area contributed by atoms with Crippen LogP contribution in [-0.4, -0.2) is 31.8 Å². The Morgan fingerprint density at radius 3 is 2.94 bits per heavy atom. The second-order valence-corrected chi connectivity index (χ2v) is 4.31. The van der Waals surface area contributed by atoms with Crippen molar-refractivity contribution in [2.75, 3.05) is 25.6 Å². The van der Waals surface area contributed by atoms with Crippen LogP contribution in [-0.2, 0) is 9.53 Å². The Labute approximate surface area is 99.9 Å². The Hall–Kier alpha value is -1.59. The molecule has 1 heterocycles. The van der Waals surface area contributed by atoms with E-state index < -0.39 is 5.54 Å². The molecular formula is C12H16N2O3. The van der Waals surface area contributed by atoms with Crippen molar-refractivity contribution in [1.82, 2.24) is 0 Å². The maximum atomic E-state index is 11.7. The lowest BCUT2D eigenvalue weighted by Crippen LogP contribution is -2.58. The first-order chi connectivity index (χ1) is 8.11. The maximum Gasteiger partial charge on any atom is 0.226 e. The van der Waals surface area contributed by atoms with Crippen molar-refractivity contribution < 1.29 is 14.3 Å². The quantitative estimate of drug-likeness (QED) is 0.809. The average Bonchev–Trinajstić information content (AvgIpc) is 2.27. The number of nitrogens with two attached hydrogens (primary N) is 1. The van der Waals surface area contributed by atoms with Crippen LogP contribution in [0.2, 0.25) is 0 Å². The van der Waals surface area contributed by atoms with Crippen molar-refractivity contribution in [3.63, 3.8) is 0 Å². The molecule has 1 aliphatic heterocycles. The zero-order valence-electron chi connectivity index (χ0n) is 9.73. The van der Waals surface area contributed by atoms with Crippen molar-refractivity contribution in [2.45, 2.75) is 12.0 Å². The van der Waals surface area contributed by atoms with Crippen LogP contribution in [0.25, 0.3) is 0 Å². The third-order valence-corrected chi connectivity index (χ3v) is 2.65. The van der Waals surface area contributed by atoms with Gasteiger partial charge in [0.2, 0.25) is 5.91 Å². The summed E-state index contributed by atoms with van der Waals surface area (Å²) in [5.41, 5.74) is 6.11. The van der Waals surface area contributed by atoms with Crippen LogP contribution in [0, 0.1) is 0 Å². The van der Waals surface area contributed by atoms with E-state index >= 15 is 0 Å². The summed E-state index contributed by atoms with van der Waals surface area (Å²) >= 11 is 0. The molecular weight excluding hydrogens is 220 g/mol. The minimum atomic E-state index is -0.497. The number of amides is 1. The molecule has 1 aromatic rings. The number of carbonyl (C=O) groups excluding carboxylic acids is 1. The fourth-order valence-corrected chi connectivity index (χ4v) is 1.69. The van der Waals surface area contributed by atoms with E-state index in [0.29, 0.717) is 24.7 Å². The molecule has 92 valence electrons. The topological polar surface area (TPSA) is 73.6 Å². The summed E-state index contributed by atoms with van der Waals surface area (Å²) < 4.78 is 10.1. The number of anilines is 1. The minimum absolute atomic E-state index is 0.107. The molecule has 1 aromatic carbocycles. The van der Waals surface area contributed by atoms with E-state index in [1.165, 1.54) is 0 Å². The highest BCUT2D eigenvalue weighted by molar-refractivity contribution is 5.91. The third kappa shape index (κ3) is 2.95. The van der Waals surface area contributed by atoms with Crippen molar-refractivity contribution in [1.29, 1.82) is 0 Å². The predicted molar refractivity (Wildman–Crippen MR) is 64.0 cm³/mol. The smallest absolute Gasteiger partial charge is 0.226 e. The van der Waals surface area contributed by atoms with E-state index in [4.69, 9.17) is 15.2 Å². The number of methoxy groups -OCH3 is 1. The minimum Gasteiger partial charge on any atom is -0.497 e. The normalized spacial score (nSPS) is 17.1. The molecule has 0 bridgehead atoms. The molecule has 1 saturated heterocycles. The van der Waals surface area contributed by atoms with Gasteiger partial charge < -0.3 is 20.5 Å². The summed E-state index contributed by atoms with van der Waals surface area (Å²) in [5.74, 6) is 0.598. The van der Waals surface area contributed by atoms with E-state index in [9.17, 15) is 4.79 Å². The van der Waals surface area contributed by atoms with E-state index in [1.807, 2.05) is 12.1 Å². The highest BCUT2D eigenvalue weighted by atomic mass is 16.5. The summed E-state index contributed by atoms with van der Waals surface area (Å²) in [4.78, 5) is 11.7. The molecule has 5 heteroatoms. The molecule has 1 fully saturated rings. The van der Waals surface area contributed by atoms with Gasteiger partial charge in [-0.3, -0.25) is 4.79 Å². The van der Waals surface area contributed by atoms with Crippen LogP contribution in [0.1, 0.15) is 6.42 Å². The number of carbonyl (C=O) groups is 1. The molecule has 0 unspecified atom stereocenters. The molecule has 5 nitrogen and oxygen atoms in total. The Morgan fingerprint density at radius 1 is 1.59 bits per heavy atom. The van der Waals surface area contributed by atoms with Crippen molar-refractivity contribution in [3.05, 3.63) is 24.3 Å². The Bertz CT molecular complexity index is 416. The van der Waals surface area contributed by atoms with Crippen LogP contribution >= 0.6 is 0 Å². The molecule has 0 aromatic heterocycles. The summed E-state index contributed by atoms with van der Waals surface area (Å²) in [7, 11) is 1.58. The second-order valence-electron chi connectivity index (χ2n) is 4.31. The SMILES string of the molecule is COc1cccc(NC(=O)CC2(N)COC2)c1. The van der Waals surface area contributed by atoms with Gasteiger partial charge in [-0.2, -0.15) is 0 Å². The van der Waals surface area contributed by atoms with E-state index in [2.05, 4.69) is 5.32 Å². The first-order valence-electron chi connectivity index (χ1n) is 5.42. The summed E-state index contributed by atoms with van der Waals surface area (Å²) in [6, 6.07) is 7.21. The largest absolute Gasteiger partial charge is 0.497 e. The van der Waals surface area contributed by atoms with Gasteiger partial charge in [0.15, 0.2) is 0 Å². The van der Waals surface area contributed by atoms with Gasteiger partial charge in [0, 0.05) is 18.2 Å². The zero-order valence-corrected chi connectivity index (χ0v) is 9.73. The number of nitrogens with one attached hydrogen (secondary N) is 1. The Morgan fingerprint density at radius 2 is 2.35 bits per heavy atom. The first-order valence-corrected chi connectivity index (χ1v) is 5.42. The third-order valence-electron chi connectivity index (χ3n) is 2.65. The van der Waals surface area contributed by atoms with Gasteiger partial charge >= 0.3 is 0 Å². The van der Waals surface area contributed by atoms with E-state index in [0.717, 1.165) is 0 Å². The number of benzene rings is 1. The lowest BCUT2D eigenvalue weighted by atomic mass is 9.94. The molecule has 0 saturated carbocycles. The number of hydrogen-bond acceptors (Lipinski definition) is 4. The Balaban J connectivity index is 1.93. The molecule has 17 heavy (non-hydrogen) atoms. The van der Waals surface area contributed by atoms with Crippen LogP contribution in [0.4, 0.5) is 5.69 Å². The molecule has 0 radical (unpaired) electrons. The highest BCUT2D eigenvalue weighted by Crippen LogP contribution is 2.20. The van der Waals surface area contributed by atoms with Crippen molar-refractivity contribution >= 4 is 11.6 Å². The summed E-state index contributed by atoms with van der Waals surface area (Å²) in [6.45, 7) is 0.886. The lowest BCUT2D eigenvalue weighted by Gasteiger charge is -2.37. The molecule has 0 spiro atoms. The Kier molecular flexibility index (Phi) is 3.31. The van der Waals surface area contributed by atoms with Gasteiger partial charge in [0.05, 0.1) is 25.9 Å². The molecule has 1 amide bonds. The van der Waals surface area contributed by atoms with Gasteiger partial charge in [0.25, 0.3) is 0 Å². The second kappa shape index (κ2) is 4.73. The van der Waals surface area contributed by atoms with Crippen LogP contribution in [0.3, 0.4) is 0 Å². The fraction of sp³-hybridized carbons (Fsp3) is 0.417. The molecule has 0 aliphatic carbocycles. The van der Waals surface area contributed by atoms with Crippen LogP contribution < -0.4 is 15.8 Å². The molecule has 1 aliphatic rings. The van der Waals surface area contributed by atoms with E-state index in [-0.39, 0.29) is 12.3 Å². The molecule has 2 rings (SSSR count). The monoisotopic (exact) mass is 236 g/mol. The van der Waals surface area contributed by atoms with Crippen LogP contribution in [0.15, 0.2) is 24.3 Å².